The number of benzene rings is 3. The van der Waals surface area contributed by atoms with Gasteiger partial charge in [0.15, 0.2) is 0 Å². The predicted octanol–water partition coefficient (Wildman–Crippen LogP) is 3.79. The zero-order valence-electron chi connectivity index (χ0n) is 17.6. The van der Waals surface area contributed by atoms with Crippen LogP contribution in [0.4, 0.5) is 5.69 Å². The quantitative estimate of drug-likeness (QED) is 0.239. The molecule has 2 amide bonds. The SMILES string of the molecule is COC(=O)c1ccc(COc2ccccc2/C=N\NC(=O)C(=O)Nc2ccccc2Cl)cc1. The normalized spacial score (nSPS) is 10.5. The standard InChI is InChI=1S/C24H20ClN3O5/c1-32-24(31)17-12-10-16(11-13-17)15-33-21-9-5-2-6-18(21)14-26-28-23(30)22(29)27-20-8-4-3-7-19(20)25/h2-14H,15H2,1H3,(H,27,29)(H,28,30)/b26-14-. The van der Waals surface area contributed by atoms with Gasteiger partial charge in [0.1, 0.15) is 12.4 Å². The number of hydrogen-bond acceptors (Lipinski definition) is 6. The third-order valence-electron chi connectivity index (χ3n) is 4.39. The van der Waals surface area contributed by atoms with E-state index in [-0.39, 0.29) is 6.61 Å². The molecule has 0 spiro atoms. The smallest absolute Gasteiger partial charge is 0.337 e. The van der Waals surface area contributed by atoms with Gasteiger partial charge in [0.05, 0.1) is 29.6 Å². The predicted molar refractivity (Wildman–Crippen MR) is 124 cm³/mol. The van der Waals surface area contributed by atoms with Crippen molar-refractivity contribution in [3.05, 3.63) is 94.5 Å². The Balaban J connectivity index is 1.57. The summed E-state index contributed by atoms with van der Waals surface area (Å²) in [6.07, 6.45) is 1.37. The Kier molecular flexibility index (Phi) is 8.15. The lowest BCUT2D eigenvalue weighted by atomic mass is 10.1. The molecule has 0 saturated carbocycles. The first-order valence-electron chi connectivity index (χ1n) is 9.76. The van der Waals surface area contributed by atoms with Gasteiger partial charge in [-0.3, -0.25) is 9.59 Å². The molecule has 0 aromatic heterocycles. The van der Waals surface area contributed by atoms with Crippen molar-refractivity contribution >= 4 is 41.3 Å². The van der Waals surface area contributed by atoms with Crippen LogP contribution in [0.25, 0.3) is 0 Å². The van der Waals surface area contributed by atoms with E-state index in [9.17, 15) is 14.4 Å². The highest BCUT2D eigenvalue weighted by molar-refractivity contribution is 6.41. The molecule has 3 aromatic carbocycles. The summed E-state index contributed by atoms with van der Waals surface area (Å²) in [4.78, 5) is 35.5. The van der Waals surface area contributed by atoms with E-state index in [1.54, 1.807) is 72.8 Å². The number of methoxy groups -OCH3 is 1. The van der Waals surface area contributed by atoms with Gasteiger partial charge in [-0.05, 0) is 42.0 Å². The van der Waals surface area contributed by atoms with Crippen molar-refractivity contribution in [2.75, 3.05) is 12.4 Å². The van der Waals surface area contributed by atoms with E-state index < -0.39 is 17.8 Å². The van der Waals surface area contributed by atoms with E-state index in [2.05, 4.69) is 20.6 Å². The number of carbonyl (C=O) groups is 3. The number of amides is 2. The van der Waals surface area contributed by atoms with Gasteiger partial charge < -0.3 is 14.8 Å². The summed E-state index contributed by atoms with van der Waals surface area (Å²) in [5, 5.41) is 6.56. The molecule has 0 unspecified atom stereocenters. The van der Waals surface area contributed by atoms with Crippen molar-refractivity contribution in [1.82, 2.24) is 5.43 Å². The molecule has 0 heterocycles. The summed E-state index contributed by atoms with van der Waals surface area (Å²) in [5.41, 5.74) is 4.38. The molecular formula is C24H20ClN3O5. The topological polar surface area (TPSA) is 106 Å². The Morgan fingerprint density at radius 1 is 0.939 bits per heavy atom. The number of ether oxygens (including phenoxy) is 2. The minimum Gasteiger partial charge on any atom is -0.488 e. The highest BCUT2D eigenvalue weighted by atomic mass is 35.5. The van der Waals surface area contributed by atoms with Crippen LogP contribution >= 0.6 is 11.6 Å². The van der Waals surface area contributed by atoms with Crippen molar-refractivity contribution in [3.8, 4) is 5.75 Å². The lowest BCUT2D eigenvalue weighted by Crippen LogP contribution is -2.32. The number of para-hydroxylation sites is 2. The Hall–Kier alpha value is -4.17. The first kappa shape index (κ1) is 23.5. The van der Waals surface area contributed by atoms with Crippen LogP contribution in [0.2, 0.25) is 5.02 Å². The molecule has 9 heteroatoms. The van der Waals surface area contributed by atoms with Gasteiger partial charge in [0, 0.05) is 5.56 Å². The summed E-state index contributed by atoms with van der Waals surface area (Å²) >= 11 is 5.97. The molecule has 0 atom stereocenters. The van der Waals surface area contributed by atoms with E-state index in [1.807, 2.05) is 0 Å². The number of halogens is 1. The summed E-state index contributed by atoms with van der Waals surface area (Å²) in [7, 11) is 1.32. The number of nitrogens with zero attached hydrogens (tertiary/aromatic N) is 1. The molecule has 0 aliphatic carbocycles. The Morgan fingerprint density at radius 2 is 1.64 bits per heavy atom. The van der Waals surface area contributed by atoms with Crippen molar-refractivity contribution < 1.29 is 23.9 Å². The summed E-state index contributed by atoms with van der Waals surface area (Å²) < 4.78 is 10.5. The van der Waals surface area contributed by atoms with E-state index >= 15 is 0 Å². The van der Waals surface area contributed by atoms with Gasteiger partial charge >= 0.3 is 17.8 Å². The Bertz CT molecular complexity index is 1180. The molecule has 0 fully saturated rings. The van der Waals surface area contributed by atoms with Crippen LogP contribution in [0.3, 0.4) is 0 Å². The molecule has 0 saturated heterocycles. The summed E-state index contributed by atoms with van der Waals surface area (Å²) in [5.74, 6) is -1.74. The third-order valence-corrected chi connectivity index (χ3v) is 4.72. The minimum atomic E-state index is -0.949. The van der Waals surface area contributed by atoms with Crippen LogP contribution < -0.4 is 15.5 Å². The zero-order chi connectivity index (χ0) is 23.6. The number of esters is 1. The molecule has 3 rings (SSSR count). The average molecular weight is 466 g/mol. The summed E-state index contributed by atoms with van der Waals surface area (Å²) in [6, 6.07) is 20.5. The maximum Gasteiger partial charge on any atom is 0.337 e. The van der Waals surface area contributed by atoms with E-state index in [0.717, 1.165) is 5.56 Å². The fraction of sp³-hybridized carbons (Fsp3) is 0.0833. The van der Waals surface area contributed by atoms with Gasteiger partial charge in [-0.1, -0.05) is 48.0 Å². The Labute approximate surface area is 195 Å². The van der Waals surface area contributed by atoms with E-state index in [1.165, 1.54) is 13.3 Å². The number of hydrazone groups is 1. The van der Waals surface area contributed by atoms with Crippen molar-refractivity contribution in [2.45, 2.75) is 6.61 Å². The lowest BCUT2D eigenvalue weighted by Gasteiger charge is -2.09. The molecule has 33 heavy (non-hydrogen) atoms. The molecule has 0 radical (unpaired) electrons. The van der Waals surface area contributed by atoms with Crippen LogP contribution in [-0.4, -0.2) is 31.1 Å². The van der Waals surface area contributed by atoms with E-state index in [0.29, 0.717) is 27.6 Å². The zero-order valence-corrected chi connectivity index (χ0v) is 18.3. The molecule has 0 aliphatic rings. The largest absolute Gasteiger partial charge is 0.488 e. The fourth-order valence-electron chi connectivity index (χ4n) is 2.69. The first-order chi connectivity index (χ1) is 16.0. The summed E-state index contributed by atoms with van der Waals surface area (Å²) in [6.45, 7) is 0.249. The molecule has 168 valence electrons. The maximum absolute atomic E-state index is 12.0. The third kappa shape index (κ3) is 6.65. The van der Waals surface area contributed by atoms with E-state index in [4.69, 9.17) is 16.3 Å². The average Bonchev–Trinajstić information content (AvgIpc) is 2.84. The first-order valence-corrected chi connectivity index (χ1v) is 10.1. The fourth-order valence-corrected chi connectivity index (χ4v) is 2.87. The van der Waals surface area contributed by atoms with Gasteiger partial charge in [-0.25, -0.2) is 10.2 Å². The van der Waals surface area contributed by atoms with Crippen molar-refractivity contribution in [1.29, 1.82) is 0 Å². The van der Waals surface area contributed by atoms with Crippen LogP contribution in [0, 0.1) is 0 Å². The molecule has 8 nitrogen and oxygen atoms in total. The monoisotopic (exact) mass is 465 g/mol. The van der Waals surface area contributed by atoms with Gasteiger partial charge in [0.25, 0.3) is 0 Å². The number of nitrogens with one attached hydrogen (secondary N) is 2. The molecular weight excluding hydrogens is 446 g/mol. The second kappa shape index (κ2) is 11.4. The maximum atomic E-state index is 12.0. The number of hydrogen-bond donors (Lipinski definition) is 2. The number of rotatable bonds is 7. The van der Waals surface area contributed by atoms with Crippen LogP contribution in [0.5, 0.6) is 5.75 Å². The molecule has 3 aromatic rings. The van der Waals surface area contributed by atoms with Crippen LogP contribution in [0.15, 0.2) is 77.9 Å². The molecule has 0 bridgehead atoms. The van der Waals surface area contributed by atoms with Crippen molar-refractivity contribution in [2.24, 2.45) is 5.10 Å². The lowest BCUT2D eigenvalue weighted by molar-refractivity contribution is -0.136. The van der Waals surface area contributed by atoms with Crippen LogP contribution in [0.1, 0.15) is 21.5 Å². The molecule has 2 N–H and O–H groups in total. The van der Waals surface area contributed by atoms with Gasteiger partial charge in [-0.15, -0.1) is 0 Å². The minimum absolute atomic E-state index is 0.249. The highest BCUT2D eigenvalue weighted by Gasteiger charge is 2.14. The number of carbonyl (C=O) groups excluding carboxylic acids is 3. The van der Waals surface area contributed by atoms with Gasteiger partial charge in [-0.2, -0.15) is 5.10 Å². The second-order valence-electron chi connectivity index (χ2n) is 6.65. The second-order valence-corrected chi connectivity index (χ2v) is 7.06. The van der Waals surface area contributed by atoms with Crippen LogP contribution in [-0.2, 0) is 20.9 Å². The Morgan fingerprint density at radius 3 is 2.36 bits per heavy atom. The van der Waals surface area contributed by atoms with Crippen molar-refractivity contribution in [3.63, 3.8) is 0 Å². The van der Waals surface area contributed by atoms with Gasteiger partial charge in [0.2, 0.25) is 0 Å². The molecule has 0 aliphatic heterocycles. The number of anilines is 1. The highest BCUT2D eigenvalue weighted by Crippen LogP contribution is 2.20.